The first-order valence-electron chi connectivity index (χ1n) is 9.19. The number of carboxylic acid groups (broad SMARTS) is 2. The predicted molar refractivity (Wildman–Crippen MR) is 103 cm³/mol. The molecule has 0 aliphatic rings. The van der Waals surface area contributed by atoms with Gasteiger partial charge in [-0.3, -0.25) is 24.0 Å². The minimum Gasteiger partial charge on any atom is -0.481 e. The third-order valence-electron chi connectivity index (χ3n) is 3.81. The minimum absolute atomic E-state index is 0.0953. The average Bonchev–Trinajstić information content (AvgIpc) is 2.60. The molecule has 0 radical (unpaired) electrons. The van der Waals surface area contributed by atoms with E-state index in [1.165, 1.54) is 0 Å². The Balaban J connectivity index is 4.85. The molecule has 0 aliphatic carbocycles. The summed E-state index contributed by atoms with van der Waals surface area (Å²) in [7, 11) is 0. The van der Waals surface area contributed by atoms with Crippen molar-refractivity contribution in [2.24, 2.45) is 17.4 Å². The molecule has 170 valence electrons. The van der Waals surface area contributed by atoms with Gasteiger partial charge < -0.3 is 37.6 Å². The molecular weight excluding hydrogens is 402 g/mol. The van der Waals surface area contributed by atoms with Crippen LogP contribution in [0.3, 0.4) is 0 Å². The van der Waals surface area contributed by atoms with Crippen LogP contribution in [0.2, 0.25) is 0 Å². The molecule has 3 unspecified atom stereocenters. The number of carbonyl (C=O) groups excluding carboxylic acids is 4. The molecular formula is C17H29N5O8. The first kappa shape index (κ1) is 26.8. The summed E-state index contributed by atoms with van der Waals surface area (Å²) < 4.78 is 0. The highest BCUT2D eigenvalue weighted by atomic mass is 16.4. The first-order chi connectivity index (χ1) is 13.8. The van der Waals surface area contributed by atoms with Crippen LogP contribution in [0.15, 0.2) is 0 Å². The van der Waals surface area contributed by atoms with Gasteiger partial charge in [-0.25, -0.2) is 4.79 Å². The van der Waals surface area contributed by atoms with E-state index in [4.69, 9.17) is 21.7 Å². The maximum Gasteiger partial charge on any atom is 0.326 e. The van der Waals surface area contributed by atoms with Gasteiger partial charge in [0.25, 0.3) is 0 Å². The zero-order chi connectivity index (χ0) is 23.4. The molecule has 0 bridgehead atoms. The fraction of sp³-hybridized carbons (Fsp3) is 0.647. The van der Waals surface area contributed by atoms with E-state index in [0.29, 0.717) is 6.42 Å². The van der Waals surface area contributed by atoms with Crippen LogP contribution in [0.25, 0.3) is 0 Å². The van der Waals surface area contributed by atoms with E-state index in [2.05, 4.69) is 16.0 Å². The van der Waals surface area contributed by atoms with E-state index in [1.807, 2.05) is 13.8 Å². The summed E-state index contributed by atoms with van der Waals surface area (Å²) in [6.45, 7) is 2.99. The van der Waals surface area contributed by atoms with Gasteiger partial charge in [0.15, 0.2) is 0 Å². The third kappa shape index (κ3) is 11.6. The SMILES string of the molecule is CC(C)CC(N)C(=O)NC(CC(=O)O)C(=O)NCC(=O)NC(CCC(N)=O)C(=O)O. The Labute approximate surface area is 172 Å². The standard InChI is InChI=1S/C17H29N5O8/c1-8(2)5-9(18)15(27)22-11(6-14(25)26)16(28)20-7-13(24)21-10(17(29)30)3-4-12(19)23/h8-11H,3-7,18H2,1-2H3,(H2,19,23)(H,20,28)(H,21,24)(H,22,27)(H,25,26)(H,29,30). The van der Waals surface area contributed by atoms with Crippen LogP contribution in [0.5, 0.6) is 0 Å². The van der Waals surface area contributed by atoms with Crippen molar-refractivity contribution in [2.75, 3.05) is 6.54 Å². The number of hydrogen-bond donors (Lipinski definition) is 7. The minimum atomic E-state index is -1.48. The molecule has 0 aromatic carbocycles. The number of nitrogens with one attached hydrogen (secondary N) is 3. The molecule has 0 aliphatic heterocycles. The molecule has 13 heteroatoms. The van der Waals surface area contributed by atoms with Crippen LogP contribution in [0, 0.1) is 5.92 Å². The normalized spacial score (nSPS) is 13.6. The number of hydrogen-bond acceptors (Lipinski definition) is 7. The van der Waals surface area contributed by atoms with Crippen molar-refractivity contribution in [1.82, 2.24) is 16.0 Å². The average molecular weight is 431 g/mol. The summed E-state index contributed by atoms with van der Waals surface area (Å²) in [5, 5.41) is 24.4. The molecule has 0 aromatic heterocycles. The van der Waals surface area contributed by atoms with Crippen molar-refractivity contribution in [3.05, 3.63) is 0 Å². The van der Waals surface area contributed by atoms with E-state index in [1.54, 1.807) is 0 Å². The van der Waals surface area contributed by atoms with Gasteiger partial charge >= 0.3 is 11.9 Å². The molecule has 0 aromatic rings. The largest absolute Gasteiger partial charge is 0.481 e. The Hall–Kier alpha value is -3.22. The summed E-state index contributed by atoms with van der Waals surface area (Å²) in [5.41, 5.74) is 10.6. The van der Waals surface area contributed by atoms with Gasteiger partial charge in [0.2, 0.25) is 23.6 Å². The highest BCUT2D eigenvalue weighted by molar-refractivity contribution is 5.94. The van der Waals surface area contributed by atoms with Gasteiger partial charge in [-0.2, -0.15) is 0 Å². The van der Waals surface area contributed by atoms with E-state index in [-0.39, 0.29) is 18.8 Å². The van der Waals surface area contributed by atoms with Crippen LogP contribution >= 0.6 is 0 Å². The van der Waals surface area contributed by atoms with Crippen molar-refractivity contribution in [3.63, 3.8) is 0 Å². The Bertz CT molecular complexity index is 667. The second-order valence-corrected chi connectivity index (χ2v) is 7.08. The second-order valence-electron chi connectivity index (χ2n) is 7.08. The lowest BCUT2D eigenvalue weighted by molar-refractivity contribution is -0.142. The summed E-state index contributed by atoms with van der Waals surface area (Å²) in [6, 6.07) is -3.82. The molecule has 0 saturated carbocycles. The Morgan fingerprint density at radius 2 is 1.53 bits per heavy atom. The molecule has 30 heavy (non-hydrogen) atoms. The van der Waals surface area contributed by atoms with E-state index < -0.39 is 66.7 Å². The van der Waals surface area contributed by atoms with Gasteiger partial charge in [-0.15, -0.1) is 0 Å². The number of carbonyl (C=O) groups is 6. The molecule has 0 fully saturated rings. The molecule has 13 nitrogen and oxygen atoms in total. The van der Waals surface area contributed by atoms with Crippen molar-refractivity contribution >= 4 is 35.6 Å². The van der Waals surface area contributed by atoms with Crippen molar-refractivity contribution in [2.45, 2.75) is 57.7 Å². The molecule has 0 spiro atoms. The maximum atomic E-state index is 12.2. The Morgan fingerprint density at radius 1 is 0.933 bits per heavy atom. The number of amides is 4. The zero-order valence-corrected chi connectivity index (χ0v) is 16.8. The van der Waals surface area contributed by atoms with Gasteiger partial charge in [0.1, 0.15) is 12.1 Å². The molecule has 3 atom stereocenters. The van der Waals surface area contributed by atoms with Crippen LogP contribution < -0.4 is 27.4 Å². The van der Waals surface area contributed by atoms with Crippen molar-refractivity contribution in [3.8, 4) is 0 Å². The summed E-state index contributed by atoms with van der Waals surface area (Å²) in [5.74, 6) is -5.98. The highest BCUT2D eigenvalue weighted by Gasteiger charge is 2.27. The molecule has 4 amide bonds. The van der Waals surface area contributed by atoms with Gasteiger partial charge in [0, 0.05) is 6.42 Å². The topological polar surface area (TPSA) is 231 Å². The van der Waals surface area contributed by atoms with Gasteiger partial charge in [0.05, 0.1) is 19.0 Å². The molecule has 0 heterocycles. The van der Waals surface area contributed by atoms with Gasteiger partial charge in [-0.05, 0) is 18.8 Å². The third-order valence-corrected chi connectivity index (χ3v) is 3.81. The Morgan fingerprint density at radius 3 is 2.00 bits per heavy atom. The van der Waals surface area contributed by atoms with Crippen LogP contribution in [-0.4, -0.2) is 70.5 Å². The van der Waals surface area contributed by atoms with E-state index in [0.717, 1.165) is 0 Å². The van der Waals surface area contributed by atoms with Crippen LogP contribution in [-0.2, 0) is 28.8 Å². The lowest BCUT2D eigenvalue weighted by atomic mass is 10.0. The monoisotopic (exact) mass is 431 g/mol. The smallest absolute Gasteiger partial charge is 0.326 e. The predicted octanol–water partition coefficient (Wildman–Crippen LogP) is -2.73. The van der Waals surface area contributed by atoms with E-state index in [9.17, 15) is 28.8 Å². The second kappa shape index (κ2) is 13.1. The summed E-state index contributed by atoms with van der Waals surface area (Å²) in [6.07, 6.45) is -0.940. The summed E-state index contributed by atoms with van der Waals surface area (Å²) >= 11 is 0. The number of rotatable bonds is 14. The molecule has 9 N–H and O–H groups in total. The lowest BCUT2D eigenvalue weighted by Gasteiger charge is -2.20. The quantitative estimate of drug-likeness (QED) is 0.151. The van der Waals surface area contributed by atoms with Crippen molar-refractivity contribution in [1.29, 1.82) is 0 Å². The van der Waals surface area contributed by atoms with E-state index >= 15 is 0 Å². The fourth-order valence-corrected chi connectivity index (χ4v) is 2.36. The lowest BCUT2D eigenvalue weighted by Crippen LogP contribution is -2.54. The maximum absolute atomic E-state index is 12.2. The molecule has 0 rings (SSSR count). The summed E-state index contributed by atoms with van der Waals surface area (Å²) in [4.78, 5) is 69.0. The van der Waals surface area contributed by atoms with Crippen LogP contribution in [0.4, 0.5) is 0 Å². The highest BCUT2D eigenvalue weighted by Crippen LogP contribution is 2.04. The number of primary amides is 1. The number of nitrogens with two attached hydrogens (primary N) is 2. The van der Waals surface area contributed by atoms with Gasteiger partial charge in [-0.1, -0.05) is 13.8 Å². The number of carboxylic acids is 2. The molecule has 0 saturated heterocycles. The van der Waals surface area contributed by atoms with Crippen molar-refractivity contribution < 1.29 is 39.0 Å². The zero-order valence-electron chi connectivity index (χ0n) is 16.8. The van der Waals surface area contributed by atoms with Crippen LogP contribution in [0.1, 0.15) is 39.5 Å². The first-order valence-corrected chi connectivity index (χ1v) is 9.19. The number of aliphatic carboxylic acids is 2. The Kier molecular flexibility index (Phi) is 11.7. The fourth-order valence-electron chi connectivity index (χ4n) is 2.36.